The summed E-state index contributed by atoms with van der Waals surface area (Å²) >= 11 is 0. The second kappa shape index (κ2) is 34.7. The summed E-state index contributed by atoms with van der Waals surface area (Å²) in [4.78, 5) is 53.5. The van der Waals surface area contributed by atoms with Gasteiger partial charge in [0.05, 0.1) is 72.5 Å². The van der Waals surface area contributed by atoms with E-state index in [1.165, 1.54) is 40.7 Å². The molecule has 2 saturated heterocycles. The van der Waals surface area contributed by atoms with Crippen LogP contribution in [0.25, 0.3) is 0 Å². The predicted molar refractivity (Wildman–Crippen MR) is 319 cm³/mol. The second-order valence-corrected chi connectivity index (χ2v) is 26.0. The molecular formula is C59H86N8O16S2. The van der Waals surface area contributed by atoms with Crippen LogP contribution in [0.5, 0.6) is 0 Å². The topological polar surface area (TPSA) is 301 Å². The quantitative estimate of drug-likeness (QED) is 0.0122. The number of non-ortho nitro benzene ring substituents is 1. The van der Waals surface area contributed by atoms with Crippen molar-refractivity contribution in [2.24, 2.45) is 11.8 Å². The molecule has 6 atom stereocenters. The molecule has 2 aliphatic rings. The molecule has 470 valence electrons. The Hall–Kier alpha value is -6.33. The lowest BCUT2D eigenvalue weighted by atomic mass is 10.0. The molecule has 4 unspecified atom stereocenters. The van der Waals surface area contributed by atoms with E-state index in [9.17, 15) is 46.4 Å². The third kappa shape index (κ3) is 24.2. The molecule has 2 fully saturated rings. The zero-order chi connectivity index (χ0) is 62.1. The number of carbonyl (C=O) groups excluding carboxylic acids is 3. The van der Waals surface area contributed by atoms with Gasteiger partial charge in [-0.3, -0.25) is 10.1 Å². The summed E-state index contributed by atoms with van der Waals surface area (Å²) in [6.07, 6.45) is -2.96. The molecule has 4 aromatic rings. The third-order valence-electron chi connectivity index (χ3n) is 13.6. The van der Waals surface area contributed by atoms with E-state index in [1.807, 2.05) is 110 Å². The van der Waals surface area contributed by atoms with Crippen molar-refractivity contribution in [1.29, 1.82) is 0 Å². The first kappa shape index (κ1) is 69.4. The first-order valence-corrected chi connectivity index (χ1v) is 31.3. The van der Waals surface area contributed by atoms with Gasteiger partial charge in [-0.2, -0.15) is 8.61 Å². The predicted octanol–water partition coefficient (Wildman–Crippen LogP) is 5.19. The summed E-state index contributed by atoms with van der Waals surface area (Å²) < 4.78 is 90.5. The second-order valence-electron chi connectivity index (χ2n) is 22.2. The standard InChI is InChI=1S/C34H53N5O8S.C25H33N3O8S/c1-26(2)22-39(48(42,43)30-13-11-28(35)12-14-30)23-32(47-33(40)25-45-20-18-38(5)17-16-37(3)4)31(21-27-9-7-6-8-10-27)36-34(41)46-29-15-19-44-24-29;1-18(2)15-27(37(33,34)22-10-8-20(9-11-22)28(31)32)16-24(29)23(14-19-6-4-3-5-7-19)26-25(30)36-21-12-13-35-17-21/h6-14,26,29,31-32H,15-25,35H2,1-5H3,(H,36,41);3-11,18,21,23-24,29H,12-17H2,1-2H3,(H,26,30)/t29?,31-,32?;21?,23-,24?/m00/s1. The molecule has 6 rings (SSSR count). The van der Waals surface area contributed by atoms with E-state index < -0.39 is 73.5 Å². The number of sulfonamides is 2. The molecule has 2 heterocycles. The van der Waals surface area contributed by atoms with Crippen LogP contribution in [0.15, 0.2) is 119 Å². The number of nitrogens with one attached hydrogen (secondary N) is 2. The van der Waals surface area contributed by atoms with Crippen LogP contribution in [0.1, 0.15) is 51.7 Å². The summed E-state index contributed by atoms with van der Waals surface area (Å²) in [5.41, 5.74) is 7.72. The highest BCUT2D eigenvalue weighted by atomic mass is 32.2. The lowest BCUT2D eigenvalue weighted by molar-refractivity contribution is -0.384. The van der Waals surface area contributed by atoms with Gasteiger partial charge < -0.3 is 59.7 Å². The Morgan fingerprint density at radius 1 is 0.671 bits per heavy atom. The molecule has 0 saturated carbocycles. The van der Waals surface area contributed by atoms with E-state index in [1.54, 1.807) is 0 Å². The minimum atomic E-state index is -4.10. The normalized spacial score (nSPS) is 16.9. The average Bonchev–Trinajstić information content (AvgIpc) is 3.57. The highest BCUT2D eigenvalue weighted by Gasteiger charge is 2.37. The van der Waals surface area contributed by atoms with Crippen LogP contribution < -0.4 is 16.4 Å². The molecule has 0 radical (unpaired) electrons. The number of likely N-dealkylation sites (N-methyl/N-ethyl adjacent to an activating group) is 2. The van der Waals surface area contributed by atoms with E-state index in [0.717, 1.165) is 40.7 Å². The van der Waals surface area contributed by atoms with Crippen LogP contribution in [0, 0.1) is 22.0 Å². The van der Waals surface area contributed by atoms with E-state index in [4.69, 9.17) is 34.2 Å². The molecule has 26 heteroatoms. The molecule has 2 aliphatic heterocycles. The number of anilines is 1. The lowest BCUT2D eigenvalue weighted by Crippen LogP contribution is -2.53. The van der Waals surface area contributed by atoms with Gasteiger partial charge >= 0.3 is 18.2 Å². The Kier molecular flexibility index (Phi) is 28.4. The van der Waals surface area contributed by atoms with Gasteiger partial charge in [0.1, 0.15) is 24.9 Å². The maximum atomic E-state index is 14.0. The van der Waals surface area contributed by atoms with E-state index in [0.29, 0.717) is 58.1 Å². The number of hydrogen-bond acceptors (Lipinski definition) is 19. The summed E-state index contributed by atoms with van der Waals surface area (Å²) in [5.74, 6) is -0.818. The largest absolute Gasteiger partial charge is 0.457 e. The van der Waals surface area contributed by atoms with Gasteiger partial charge in [0.2, 0.25) is 20.0 Å². The average molecular weight is 1230 g/mol. The number of alkyl carbamates (subject to hydrolysis) is 2. The first-order chi connectivity index (χ1) is 40.4. The minimum Gasteiger partial charge on any atom is -0.457 e. The summed E-state index contributed by atoms with van der Waals surface area (Å²) in [7, 11) is -2.17. The van der Waals surface area contributed by atoms with Crippen molar-refractivity contribution in [2.45, 2.75) is 99.7 Å². The number of nitrogen functional groups attached to an aromatic ring is 1. The molecule has 5 N–H and O–H groups in total. The summed E-state index contributed by atoms with van der Waals surface area (Å²) in [6.45, 7) is 11.1. The van der Waals surface area contributed by atoms with Crippen molar-refractivity contribution in [3.63, 3.8) is 0 Å². The molecule has 24 nitrogen and oxygen atoms in total. The van der Waals surface area contributed by atoms with Crippen LogP contribution in [0.4, 0.5) is 21.0 Å². The Labute approximate surface area is 500 Å². The maximum absolute atomic E-state index is 14.0. The van der Waals surface area contributed by atoms with Crippen molar-refractivity contribution in [3.05, 3.63) is 130 Å². The van der Waals surface area contributed by atoms with Crippen LogP contribution in [-0.2, 0) is 66.1 Å². The van der Waals surface area contributed by atoms with E-state index in [2.05, 4.69) is 20.4 Å². The Bertz CT molecular complexity index is 2880. The molecule has 2 amide bonds. The lowest BCUT2D eigenvalue weighted by Gasteiger charge is -2.33. The van der Waals surface area contributed by atoms with Crippen LogP contribution >= 0.6 is 0 Å². The zero-order valence-corrected chi connectivity index (χ0v) is 51.4. The van der Waals surface area contributed by atoms with Crippen LogP contribution in [0.2, 0.25) is 0 Å². The van der Waals surface area contributed by atoms with Gasteiger partial charge in [0, 0.05) is 69.9 Å². The van der Waals surface area contributed by atoms with Gasteiger partial charge in [-0.15, -0.1) is 0 Å². The van der Waals surface area contributed by atoms with Gasteiger partial charge in [0.15, 0.2) is 0 Å². The third-order valence-corrected chi connectivity index (χ3v) is 17.3. The van der Waals surface area contributed by atoms with Gasteiger partial charge in [-0.05, 0) is 93.3 Å². The fourth-order valence-electron chi connectivity index (χ4n) is 9.06. The Morgan fingerprint density at radius 2 is 1.14 bits per heavy atom. The molecule has 0 spiro atoms. The SMILES string of the molecule is CC(C)CN(CC(O)[C@H](Cc1ccccc1)NC(=O)OC1CCOC1)S(=O)(=O)c1ccc([N+](=O)[O-])cc1.CC(C)CN(CC(OC(=O)COCCN(C)CCN(C)C)[C@H](Cc1ccccc1)NC(=O)OC1CCOC1)S(=O)(=O)c1ccc(N)cc1. The van der Waals surface area contributed by atoms with E-state index in [-0.39, 0.29) is 79.0 Å². The van der Waals surface area contributed by atoms with Crippen molar-refractivity contribution in [3.8, 4) is 0 Å². The maximum Gasteiger partial charge on any atom is 0.407 e. The fraction of sp³-hybridized carbons (Fsp3) is 0.542. The summed E-state index contributed by atoms with van der Waals surface area (Å²) in [6, 6.07) is 27.4. The molecule has 0 aliphatic carbocycles. The molecule has 0 aromatic heterocycles. The number of nitrogens with two attached hydrogens (primary N) is 1. The number of ether oxygens (including phenoxy) is 6. The molecule has 0 bridgehead atoms. The van der Waals surface area contributed by atoms with Crippen molar-refractivity contribution in [2.75, 3.05) is 112 Å². The highest BCUT2D eigenvalue weighted by molar-refractivity contribution is 7.89. The number of aliphatic hydroxyl groups is 1. The monoisotopic (exact) mass is 1230 g/mol. The summed E-state index contributed by atoms with van der Waals surface area (Å²) in [5, 5.41) is 27.7. The Morgan fingerprint density at radius 3 is 1.60 bits per heavy atom. The number of nitro benzene ring substituents is 1. The number of carbonyl (C=O) groups is 3. The number of aliphatic hydroxyl groups excluding tert-OH is 1. The number of nitro groups is 1. The first-order valence-electron chi connectivity index (χ1n) is 28.5. The number of amides is 2. The van der Waals surface area contributed by atoms with Crippen molar-refractivity contribution in [1.82, 2.24) is 29.0 Å². The molecule has 85 heavy (non-hydrogen) atoms. The number of nitrogens with zero attached hydrogens (tertiary/aromatic N) is 5. The molecular weight excluding hydrogens is 1140 g/mol. The Balaban J connectivity index is 0.000000321. The highest BCUT2D eigenvalue weighted by Crippen LogP contribution is 2.24. The zero-order valence-electron chi connectivity index (χ0n) is 49.7. The number of hydrogen-bond donors (Lipinski definition) is 4. The fourth-order valence-corrected chi connectivity index (χ4v) is 12.3. The van der Waals surface area contributed by atoms with Crippen LogP contribution in [0.3, 0.4) is 0 Å². The van der Waals surface area contributed by atoms with Crippen molar-refractivity contribution < 1.29 is 69.7 Å². The number of rotatable bonds is 32. The van der Waals surface area contributed by atoms with Gasteiger partial charge in [-0.1, -0.05) is 88.4 Å². The smallest absolute Gasteiger partial charge is 0.407 e. The van der Waals surface area contributed by atoms with E-state index >= 15 is 0 Å². The number of benzene rings is 4. The number of esters is 1. The van der Waals surface area contributed by atoms with Gasteiger partial charge in [-0.25, -0.2) is 31.2 Å². The van der Waals surface area contributed by atoms with Gasteiger partial charge in [0.25, 0.3) is 5.69 Å². The van der Waals surface area contributed by atoms with Crippen LogP contribution in [-0.4, -0.2) is 207 Å². The van der Waals surface area contributed by atoms with Crippen molar-refractivity contribution >= 4 is 49.6 Å². The molecule has 4 aromatic carbocycles. The minimum absolute atomic E-state index is 0.0531.